The minimum atomic E-state index is -1.08. The van der Waals surface area contributed by atoms with Crippen LogP contribution in [0.4, 0.5) is 0 Å². The number of likely N-dealkylation sites (tertiary alicyclic amines) is 1. The van der Waals surface area contributed by atoms with Gasteiger partial charge in [-0.2, -0.15) is 0 Å². The quantitative estimate of drug-likeness (QED) is 0.529. The fourth-order valence-electron chi connectivity index (χ4n) is 2.03. The summed E-state index contributed by atoms with van der Waals surface area (Å²) in [5.41, 5.74) is 0. The Morgan fingerprint density at radius 1 is 1.61 bits per heavy atom. The van der Waals surface area contributed by atoms with E-state index < -0.39 is 12.0 Å². The van der Waals surface area contributed by atoms with E-state index in [0.29, 0.717) is 0 Å². The summed E-state index contributed by atoms with van der Waals surface area (Å²) in [5.74, 6) is 0.581. The lowest BCUT2D eigenvalue weighted by Gasteiger charge is -2.24. The summed E-state index contributed by atoms with van der Waals surface area (Å²) in [7, 11) is 0. The number of hydrogen-bond donors (Lipinski definition) is 1. The molecule has 0 aromatic rings. The first kappa shape index (κ1) is 14.2. The van der Waals surface area contributed by atoms with Crippen molar-refractivity contribution in [3.05, 3.63) is 0 Å². The third-order valence-electron chi connectivity index (χ3n) is 2.75. The molecule has 0 bridgehead atoms. The number of carbonyl (C=O) groups is 3. The number of amides is 2. The zero-order chi connectivity index (χ0) is 13.9. The smallest absolute Gasteiger partial charge is 0.317 e. The third-order valence-corrected chi connectivity index (χ3v) is 2.75. The summed E-state index contributed by atoms with van der Waals surface area (Å²) < 4.78 is 0. The number of carboxylic acids is 1. The van der Waals surface area contributed by atoms with Crippen molar-refractivity contribution in [2.24, 2.45) is 0 Å². The molecule has 0 radical (unpaired) electrons. The van der Waals surface area contributed by atoms with Crippen molar-refractivity contribution in [1.29, 1.82) is 0 Å². The van der Waals surface area contributed by atoms with Gasteiger partial charge < -0.3 is 5.11 Å². The van der Waals surface area contributed by atoms with Crippen molar-refractivity contribution >= 4 is 17.8 Å². The summed E-state index contributed by atoms with van der Waals surface area (Å²) in [6.07, 6.45) is 5.14. The van der Waals surface area contributed by atoms with Gasteiger partial charge in [0.2, 0.25) is 11.8 Å². The zero-order valence-electron chi connectivity index (χ0n) is 10.4. The number of carboxylic acid groups (broad SMARTS) is 1. The van der Waals surface area contributed by atoms with E-state index in [1.807, 2.05) is 0 Å². The number of imide groups is 1. The lowest BCUT2D eigenvalue weighted by atomic mass is 10.2. The predicted molar refractivity (Wildman–Crippen MR) is 63.4 cm³/mol. The predicted octanol–water partition coefficient (Wildman–Crippen LogP) is -0.458. The highest BCUT2D eigenvalue weighted by molar-refractivity contribution is 6.06. The van der Waals surface area contributed by atoms with Gasteiger partial charge in [-0.05, 0) is 13.8 Å². The minimum absolute atomic E-state index is 0.00796. The maximum absolute atomic E-state index is 12.1. The van der Waals surface area contributed by atoms with Gasteiger partial charge >= 0.3 is 5.97 Å². The molecule has 6 heteroatoms. The van der Waals surface area contributed by atoms with Crippen molar-refractivity contribution in [2.45, 2.75) is 32.4 Å². The Morgan fingerprint density at radius 2 is 2.22 bits per heavy atom. The van der Waals surface area contributed by atoms with Gasteiger partial charge in [-0.15, -0.1) is 6.42 Å². The normalized spacial score (nSPS) is 19.7. The third kappa shape index (κ3) is 2.87. The van der Waals surface area contributed by atoms with Crippen LogP contribution in [0.25, 0.3) is 0 Å². The zero-order valence-corrected chi connectivity index (χ0v) is 10.4. The standard InChI is InChI=1S/C12H16N2O4/c1-4-5-13(7-11(16)17)9-6-10(15)14(8(2)3)12(9)18/h1,8-9H,5-7H2,2-3H3,(H,16,17). The molecule has 0 saturated carbocycles. The molecule has 1 rings (SSSR count). The summed E-state index contributed by atoms with van der Waals surface area (Å²) in [6.45, 7) is 3.16. The van der Waals surface area contributed by atoms with Gasteiger partial charge in [-0.3, -0.25) is 24.2 Å². The van der Waals surface area contributed by atoms with E-state index in [1.165, 1.54) is 4.90 Å². The van der Waals surface area contributed by atoms with Crippen LogP contribution in [0, 0.1) is 12.3 Å². The number of aliphatic carboxylic acids is 1. The highest BCUT2D eigenvalue weighted by Gasteiger charge is 2.43. The van der Waals surface area contributed by atoms with Crippen molar-refractivity contribution in [1.82, 2.24) is 9.80 Å². The lowest BCUT2D eigenvalue weighted by molar-refractivity contribution is -0.142. The van der Waals surface area contributed by atoms with Gasteiger partial charge in [0.25, 0.3) is 0 Å². The van der Waals surface area contributed by atoms with Gasteiger partial charge in [0.15, 0.2) is 0 Å². The lowest BCUT2D eigenvalue weighted by Crippen LogP contribution is -2.46. The maximum atomic E-state index is 12.1. The molecule has 1 heterocycles. The van der Waals surface area contributed by atoms with Crippen LogP contribution in [0.5, 0.6) is 0 Å². The molecule has 0 aliphatic carbocycles. The van der Waals surface area contributed by atoms with Crippen LogP contribution < -0.4 is 0 Å². The van der Waals surface area contributed by atoms with E-state index in [4.69, 9.17) is 11.5 Å². The average molecular weight is 252 g/mol. The van der Waals surface area contributed by atoms with E-state index in [2.05, 4.69) is 5.92 Å². The summed E-state index contributed by atoms with van der Waals surface area (Å²) in [6, 6.07) is -0.987. The second kappa shape index (κ2) is 5.65. The van der Waals surface area contributed by atoms with E-state index >= 15 is 0 Å². The average Bonchev–Trinajstić information content (AvgIpc) is 2.52. The fraction of sp³-hybridized carbons (Fsp3) is 0.583. The first-order chi connectivity index (χ1) is 8.38. The highest BCUT2D eigenvalue weighted by Crippen LogP contribution is 2.20. The van der Waals surface area contributed by atoms with Crippen molar-refractivity contribution in [3.8, 4) is 12.3 Å². The van der Waals surface area contributed by atoms with Crippen LogP contribution >= 0.6 is 0 Å². The number of carbonyl (C=O) groups excluding carboxylic acids is 2. The molecule has 98 valence electrons. The molecule has 1 aliphatic rings. The van der Waals surface area contributed by atoms with Crippen molar-refractivity contribution in [2.75, 3.05) is 13.1 Å². The number of terminal acetylenes is 1. The van der Waals surface area contributed by atoms with Gasteiger partial charge in [0.1, 0.15) is 0 Å². The van der Waals surface area contributed by atoms with E-state index in [9.17, 15) is 14.4 Å². The molecule has 0 aromatic heterocycles. The monoisotopic (exact) mass is 252 g/mol. The van der Waals surface area contributed by atoms with Crippen molar-refractivity contribution < 1.29 is 19.5 Å². The molecular formula is C12H16N2O4. The van der Waals surface area contributed by atoms with Gasteiger partial charge in [-0.25, -0.2) is 0 Å². The fourth-order valence-corrected chi connectivity index (χ4v) is 2.03. The maximum Gasteiger partial charge on any atom is 0.317 e. The highest BCUT2D eigenvalue weighted by atomic mass is 16.4. The largest absolute Gasteiger partial charge is 0.480 e. The van der Waals surface area contributed by atoms with Gasteiger partial charge in [0, 0.05) is 6.04 Å². The second-order valence-corrected chi connectivity index (χ2v) is 4.42. The summed E-state index contributed by atoms with van der Waals surface area (Å²) >= 11 is 0. The molecule has 1 atom stereocenters. The van der Waals surface area contributed by atoms with Gasteiger partial charge in [-0.1, -0.05) is 5.92 Å². The minimum Gasteiger partial charge on any atom is -0.480 e. The molecule has 1 fully saturated rings. The molecule has 1 aliphatic heterocycles. The van der Waals surface area contributed by atoms with E-state index in [-0.39, 0.29) is 37.4 Å². The Labute approximate surface area is 106 Å². The van der Waals surface area contributed by atoms with E-state index in [0.717, 1.165) is 4.90 Å². The summed E-state index contributed by atoms with van der Waals surface area (Å²) in [5, 5.41) is 8.78. The Balaban J connectivity index is 2.88. The molecular weight excluding hydrogens is 236 g/mol. The molecule has 1 saturated heterocycles. The van der Waals surface area contributed by atoms with Crippen molar-refractivity contribution in [3.63, 3.8) is 0 Å². The molecule has 2 amide bonds. The van der Waals surface area contributed by atoms with Crippen LogP contribution in [0.15, 0.2) is 0 Å². The topological polar surface area (TPSA) is 77.9 Å². The Bertz CT molecular complexity index is 411. The van der Waals surface area contributed by atoms with Crippen LogP contribution in [0.1, 0.15) is 20.3 Å². The molecule has 6 nitrogen and oxygen atoms in total. The SMILES string of the molecule is C#CCN(CC(=O)O)C1CC(=O)N(C(C)C)C1=O. The van der Waals surface area contributed by atoms with Crippen LogP contribution in [-0.4, -0.2) is 57.9 Å². The van der Waals surface area contributed by atoms with Crippen LogP contribution in [0.3, 0.4) is 0 Å². The number of rotatable bonds is 5. The molecule has 1 unspecified atom stereocenters. The second-order valence-electron chi connectivity index (χ2n) is 4.42. The molecule has 0 spiro atoms. The Kier molecular flexibility index (Phi) is 4.45. The first-order valence-corrected chi connectivity index (χ1v) is 5.63. The van der Waals surface area contributed by atoms with Gasteiger partial charge in [0.05, 0.1) is 25.6 Å². The number of nitrogens with zero attached hydrogens (tertiary/aromatic N) is 2. The molecule has 1 N–H and O–H groups in total. The van der Waals surface area contributed by atoms with Crippen LogP contribution in [-0.2, 0) is 14.4 Å². The molecule has 18 heavy (non-hydrogen) atoms. The molecule has 0 aromatic carbocycles. The summed E-state index contributed by atoms with van der Waals surface area (Å²) in [4.78, 5) is 37.0. The van der Waals surface area contributed by atoms with E-state index in [1.54, 1.807) is 13.8 Å². The number of hydrogen-bond acceptors (Lipinski definition) is 4. The Hall–Kier alpha value is -1.87. The Morgan fingerprint density at radius 3 is 2.61 bits per heavy atom. The van der Waals surface area contributed by atoms with Crippen LogP contribution in [0.2, 0.25) is 0 Å². The first-order valence-electron chi connectivity index (χ1n) is 5.63.